The van der Waals surface area contributed by atoms with Crippen molar-refractivity contribution in [2.45, 2.75) is 30.6 Å². The SMILES string of the molecule is Cc1ccc(S(=O)(=O)Oc2cc(C3CCNCC3)on2)cc1.Cl. The Labute approximate surface area is 141 Å². The van der Waals surface area contributed by atoms with Gasteiger partial charge in [0.1, 0.15) is 10.7 Å². The van der Waals surface area contributed by atoms with Crippen molar-refractivity contribution in [1.29, 1.82) is 0 Å². The highest BCUT2D eigenvalue weighted by Gasteiger charge is 2.23. The van der Waals surface area contributed by atoms with Crippen LogP contribution in [0.25, 0.3) is 0 Å². The number of rotatable bonds is 4. The largest absolute Gasteiger partial charge is 0.357 e. The summed E-state index contributed by atoms with van der Waals surface area (Å²) in [5.74, 6) is 0.915. The fraction of sp³-hybridized carbons (Fsp3) is 0.400. The van der Waals surface area contributed by atoms with Crippen LogP contribution in [0.15, 0.2) is 39.8 Å². The molecule has 1 fully saturated rings. The summed E-state index contributed by atoms with van der Waals surface area (Å²) in [7, 11) is -3.88. The van der Waals surface area contributed by atoms with Gasteiger partial charge in [-0.05, 0) is 50.1 Å². The first kappa shape index (κ1) is 17.8. The molecule has 0 amide bonds. The summed E-state index contributed by atoms with van der Waals surface area (Å²) in [6, 6.07) is 8.04. The summed E-state index contributed by atoms with van der Waals surface area (Å²) in [5.41, 5.74) is 0.980. The Morgan fingerprint density at radius 1 is 1.22 bits per heavy atom. The standard InChI is InChI=1S/C15H18N2O4S.ClH/c1-11-2-4-13(5-3-11)22(18,19)21-15-10-14(20-17-15)12-6-8-16-9-7-12;/h2-5,10,12,16H,6-9H2,1H3;1H. The van der Waals surface area contributed by atoms with Gasteiger partial charge in [0.2, 0.25) is 0 Å². The van der Waals surface area contributed by atoms with Crippen LogP contribution in [0.5, 0.6) is 5.88 Å². The summed E-state index contributed by atoms with van der Waals surface area (Å²) < 4.78 is 34.7. The quantitative estimate of drug-likeness (QED) is 0.846. The topological polar surface area (TPSA) is 81.4 Å². The van der Waals surface area contributed by atoms with Crippen LogP contribution in [0.4, 0.5) is 0 Å². The molecular formula is C15H19ClN2O4S. The van der Waals surface area contributed by atoms with E-state index in [1.54, 1.807) is 18.2 Å². The lowest BCUT2D eigenvalue weighted by Gasteiger charge is -2.19. The molecule has 1 N–H and O–H groups in total. The van der Waals surface area contributed by atoms with Crippen molar-refractivity contribution < 1.29 is 17.1 Å². The van der Waals surface area contributed by atoms with Gasteiger partial charge in [-0.2, -0.15) is 8.42 Å². The van der Waals surface area contributed by atoms with Crippen LogP contribution in [0.2, 0.25) is 0 Å². The van der Waals surface area contributed by atoms with E-state index in [4.69, 9.17) is 8.71 Å². The van der Waals surface area contributed by atoms with E-state index in [-0.39, 0.29) is 29.1 Å². The molecule has 8 heteroatoms. The van der Waals surface area contributed by atoms with Crippen molar-refractivity contribution in [3.8, 4) is 5.88 Å². The van der Waals surface area contributed by atoms with Gasteiger partial charge in [-0.3, -0.25) is 0 Å². The Hall–Kier alpha value is -1.57. The van der Waals surface area contributed by atoms with Crippen LogP contribution < -0.4 is 9.50 Å². The zero-order chi connectivity index (χ0) is 15.6. The van der Waals surface area contributed by atoms with Gasteiger partial charge in [-0.1, -0.05) is 17.7 Å². The van der Waals surface area contributed by atoms with Gasteiger partial charge < -0.3 is 14.0 Å². The number of aryl methyl sites for hydroxylation is 1. The van der Waals surface area contributed by atoms with Crippen molar-refractivity contribution in [2.24, 2.45) is 0 Å². The van der Waals surface area contributed by atoms with Gasteiger partial charge in [0.15, 0.2) is 0 Å². The molecule has 0 atom stereocenters. The number of nitrogens with zero attached hydrogens (tertiary/aromatic N) is 1. The number of nitrogens with one attached hydrogen (secondary N) is 1. The van der Waals surface area contributed by atoms with Crippen LogP contribution in [0, 0.1) is 6.92 Å². The molecule has 1 aromatic carbocycles. The second kappa shape index (κ2) is 7.33. The number of hydrogen-bond acceptors (Lipinski definition) is 6. The van der Waals surface area contributed by atoms with Crippen molar-refractivity contribution in [3.05, 3.63) is 41.7 Å². The van der Waals surface area contributed by atoms with E-state index >= 15 is 0 Å². The van der Waals surface area contributed by atoms with Crippen LogP contribution in [0.1, 0.15) is 30.1 Å². The van der Waals surface area contributed by atoms with Gasteiger partial charge in [0.05, 0.1) is 0 Å². The number of halogens is 1. The molecule has 0 saturated carbocycles. The number of piperidine rings is 1. The Kier molecular flexibility index (Phi) is 5.67. The lowest BCUT2D eigenvalue weighted by Crippen LogP contribution is -2.26. The Morgan fingerprint density at radius 3 is 2.52 bits per heavy atom. The van der Waals surface area contributed by atoms with E-state index in [1.165, 1.54) is 12.1 Å². The lowest BCUT2D eigenvalue weighted by atomic mass is 9.96. The van der Waals surface area contributed by atoms with Crippen LogP contribution >= 0.6 is 12.4 Å². The second-order valence-corrected chi connectivity index (χ2v) is 6.99. The van der Waals surface area contributed by atoms with E-state index in [0.29, 0.717) is 5.76 Å². The summed E-state index contributed by atoms with van der Waals surface area (Å²) in [4.78, 5) is 0.101. The van der Waals surface area contributed by atoms with E-state index < -0.39 is 10.1 Å². The molecule has 3 rings (SSSR count). The normalized spacial score (nSPS) is 15.9. The molecular weight excluding hydrogens is 340 g/mol. The highest BCUT2D eigenvalue weighted by atomic mass is 35.5. The predicted molar refractivity (Wildman–Crippen MR) is 87.6 cm³/mol. The third-order valence-corrected chi connectivity index (χ3v) is 4.99. The molecule has 2 heterocycles. The molecule has 1 aromatic heterocycles. The third-order valence-electron chi connectivity index (χ3n) is 3.75. The molecule has 23 heavy (non-hydrogen) atoms. The highest BCUT2D eigenvalue weighted by molar-refractivity contribution is 7.87. The molecule has 126 valence electrons. The zero-order valence-corrected chi connectivity index (χ0v) is 14.3. The average molecular weight is 359 g/mol. The lowest BCUT2D eigenvalue weighted by molar-refractivity contribution is 0.317. The molecule has 0 unspecified atom stereocenters. The summed E-state index contributed by atoms with van der Waals surface area (Å²) in [6.45, 7) is 3.73. The first-order chi connectivity index (χ1) is 10.5. The monoisotopic (exact) mass is 358 g/mol. The highest BCUT2D eigenvalue weighted by Crippen LogP contribution is 2.28. The van der Waals surface area contributed by atoms with Gasteiger partial charge in [0, 0.05) is 12.0 Å². The van der Waals surface area contributed by atoms with Gasteiger partial charge >= 0.3 is 10.1 Å². The zero-order valence-electron chi connectivity index (χ0n) is 12.7. The van der Waals surface area contributed by atoms with Crippen molar-refractivity contribution in [3.63, 3.8) is 0 Å². The van der Waals surface area contributed by atoms with Crippen LogP contribution in [-0.4, -0.2) is 26.7 Å². The van der Waals surface area contributed by atoms with E-state index in [1.807, 2.05) is 6.92 Å². The fourth-order valence-corrected chi connectivity index (χ4v) is 3.34. The summed E-state index contributed by atoms with van der Waals surface area (Å²) in [5, 5.41) is 6.99. The van der Waals surface area contributed by atoms with Crippen molar-refractivity contribution in [2.75, 3.05) is 13.1 Å². The van der Waals surface area contributed by atoms with Gasteiger partial charge in [-0.25, -0.2) is 0 Å². The van der Waals surface area contributed by atoms with Gasteiger partial charge in [-0.15, -0.1) is 12.4 Å². The minimum Gasteiger partial charge on any atom is -0.357 e. The minimum absolute atomic E-state index is 0. The predicted octanol–water partition coefficient (Wildman–Crippen LogP) is 2.64. The smallest absolute Gasteiger partial charge is 0.340 e. The van der Waals surface area contributed by atoms with E-state index in [9.17, 15) is 8.42 Å². The molecule has 1 aliphatic heterocycles. The van der Waals surface area contributed by atoms with Crippen LogP contribution in [0.3, 0.4) is 0 Å². The summed E-state index contributed by atoms with van der Waals surface area (Å²) >= 11 is 0. The Balaban J connectivity index is 0.00000192. The molecule has 6 nitrogen and oxygen atoms in total. The van der Waals surface area contributed by atoms with Crippen molar-refractivity contribution in [1.82, 2.24) is 10.5 Å². The molecule has 0 radical (unpaired) electrons. The summed E-state index contributed by atoms with van der Waals surface area (Å²) in [6.07, 6.45) is 1.89. The molecule has 0 bridgehead atoms. The number of benzene rings is 1. The van der Waals surface area contributed by atoms with Gasteiger partial charge in [0.25, 0.3) is 5.88 Å². The first-order valence-electron chi connectivity index (χ1n) is 7.23. The average Bonchev–Trinajstić information content (AvgIpc) is 2.96. The molecule has 0 aliphatic carbocycles. The molecule has 0 spiro atoms. The van der Waals surface area contributed by atoms with E-state index in [2.05, 4.69) is 10.5 Å². The Bertz CT molecular complexity index is 737. The maximum Gasteiger partial charge on any atom is 0.340 e. The number of aromatic nitrogens is 1. The minimum atomic E-state index is -3.88. The Morgan fingerprint density at radius 2 is 1.87 bits per heavy atom. The molecule has 1 saturated heterocycles. The molecule has 2 aromatic rings. The van der Waals surface area contributed by atoms with E-state index in [0.717, 1.165) is 31.5 Å². The first-order valence-corrected chi connectivity index (χ1v) is 8.64. The van der Waals surface area contributed by atoms with Crippen LogP contribution in [-0.2, 0) is 10.1 Å². The number of hydrogen-bond donors (Lipinski definition) is 1. The fourth-order valence-electron chi connectivity index (χ4n) is 2.48. The third kappa shape index (κ3) is 4.25. The second-order valence-electron chi connectivity index (χ2n) is 5.44. The van der Waals surface area contributed by atoms with Crippen molar-refractivity contribution >= 4 is 22.5 Å². The maximum absolute atomic E-state index is 12.2. The molecule has 1 aliphatic rings. The maximum atomic E-state index is 12.2.